The van der Waals surface area contributed by atoms with Crippen molar-refractivity contribution in [2.24, 2.45) is 7.05 Å². The van der Waals surface area contributed by atoms with E-state index in [9.17, 15) is 9.18 Å². The molecule has 1 aromatic carbocycles. The van der Waals surface area contributed by atoms with Crippen LogP contribution in [0.2, 0.25) is 0 Å². The quantitative estimate of drug-likeness (QED) is 0.709. The molecule has 1 amide bonds. The van der Waals surface area contributed by atoms with Crippen LogP contribution >= 0.6 is 0 Å². The molecule has 7 nitrogen and oxygen atoms in total. The summed E-state index contributed by atoms with van der Waals surface area (Å²) < 4.78 is 20.1. The van der Waals surface area contributed by atoms with Crippen LogP contribution in [0.5, 0.6) is 0 Å². The van der Waals surface area contributed by atoms with Gasteiger partial charge in [0.2, 0.25) is 0 Å². The summed E-state index contributed by atoms with van der Waals surface area (Å²) in [5.41, 5.74) is 0.683. The van der Waals surface area contributed by atoms with Gasteiger partial charge in [0.05, 0.1) is 0 Å². The van der Waals surface area contributed by atoms with Crippen LogP contribution in [0.15, 0.2) is 41.1 Å². The number of likely N-dealkylation sites (tertiary alicyclic amines) is 1. The van der Waals surface area contributed by atoms with Gasteiger partial charge in [-0.3, -0.25) is 9.48 Å². The number of nitrogens with zero attached hydrogens (tertiary/aromatic N) is 5. The van der Waals surface area contributed by atoms with Crippen molar-refractivity contribution in [1.29, 1.82) is 0 Å². The van der Waals surface area contributed by atoms with E-state index in [4.69, 9.17) is 4.52 Å². The lowest BCUT2D eigenvalue weighted by atomic mass is 9.81. The van der Waals surface area contributed by atoms with Crippen molar-refractivity contribution in [2.75, 3.05) is 13.1 Å². The lowest BCUT2D eigenvalue weighted by molar-refractivity contribution is 0.0635. The number of piperidine rings is 1. The molecule has 3 aromatic rings. The average molecular weight is 369 g/mol. The first-order valence-corrected chi connectivity index (χ1v) is 8.84. The van der Waals surface area contributed by atoms with Crippen molar-refractivity contribution < 1.29 is 13.7 Å². The minimum atomic E-state index is -0.412. The Morgan fingerprint density at radius 3 is 2.74 bits per heavy atom. The number of aryl methyl sites for hydroxylation is 1. The lowest BCUT2D eigenvalue weighted by Gasteiger charge is -2.38. The van der Waals surface area contributed by atoms with Crippen LogP contribution in [0.25, 0.3) is 11.5 Å². The lowest BCUT2D eigenvalue weighted by Crippen LogP contribution is -2.47. The summed E-state index contributed by atoms with van der Waals surface area (Å²) in [5.74, 6) is 0.491. The maximum Gasteiger partial charge on any atom is 0.274 e. The van der Waals surface area contributed by atoms with E-state index in [-0.39, 0.29) is 11.7 Å². The fourth-order valence-corrected chi connectivity index (χ4v) is 3.46. The van der Waals surface area contributed by atoms with Crippen LogP contribution in [0, 0.1) is 5.82 Å². The number of halogens is 1. The number of hydrogen-bond donors (Lipinski definition) is 0. The Morgan fingerprint density at radius 2 is 2.04 bits per heavy atom. The van der Waals surface area contributed by atoms with Crippen LogP contribution in [0.3, 0.4) is 0 Å². The van der Waals surface area contributed by atoms with Crippen LogP contribution in [0.4, 0.5) is 4.39 Å². The number of hydrogen-bond acceptors (Lipinski definition) is 5. The first-order chi connectivity index (χ1) is 12.9. The van der Waals surface area contributed by atoms with E-state index in [2.05, 4.69) is 15.2 Å². The van der Waals surface area contributed by atoms with E-state index in [1.807, 2.05) is 6.92 Å². The monoisotopic (exact) mass is 369 g/mol. The molecule has 1 atom stereocenters. The van der Waals surface area contributed by atoms with Gasteiger partial charge in [-0.2, -0.15) is 10.1 Å². The van der Waals surface area contributed by atoms with E-state index in [1.54, 1.807) is 41.0 Å². The van der Waals surface area contributed by atoms with Gasteiger partial charge in [-0.1, -0.05) is 12.1 Å². The molecule has 1 aliphatic rings. The van der Waals surface area contributed by atoms with Crippen molar-refractivity contribution in [3.8, 4) is 11.5 Å². The van der Waals surface area contributed by atoms with Gasteiger partial charge in [0.25, 0.3) is 11.8 Å². The zero-order valence-corrected chi connectivity index (χ0v) is 15.2. The molecule has 1 saturated heterocycles. The van der Waals surface area contributed by atoms with E-state index < -0.39 is 5.41 Å². The van der Waals surface area contributed by atoms with Gasteiger partial charge in [0, 0.05) is 37.3 Å². The molecule has 0 aliphatic carbocycles. The molecule has 4 rings (SSSR count). The van der Waals surface area contributed by atoms with Crippen molar-refractivity contribution in [3.63, 3.8) is 0 Å². The van der Waals surface area contributed by atoms with Gasteiger partial charge in [0.1, 0.15) is 11.5 Å². The minimum Gasteiger partial charge on any atom is -0.336 e. The smallest absolute Gasteiger partial charge is 0.274 e. The van der Waals surface area contributed by atoms with Crippen molar-refractivity contribution in [1.82, 2.24) is 24.8 Å². The van der Waals surface area contributed by atoms with Crippen LogP contribution in [0.1, 0.15) is 36.1 Å². The van der Waals surface area contributed by atoms with Gasteiger partial charge in [0.15, 0.2) is 5.82 Å². The summed E-state index contributed by atoms with van der Waals surface area (Å²) in [5, 5.41) is 8.35. The summed E-state index contributed by atoms with van der Waals surface area (Å²) >= 11 is 0. The maximum atomic E-state index is 13.1. The number of benzene rings is 1. The molecule has 0 bridgehead atoms. The molecule has 27 heavy (non-hydrogen) atoms. The number of aromatic nitrogens is 4. The minimum absolute atomic E-state index is 0.0937. The zero-order chi connectivity index (χ0) is 19.0. The Balaban J connectivity index is 1.56. The maximum absolute atomic E-state index is 13.1. The van der Waals surface area contributed by atoms with Crippen LogP contribution in [-0.2, 0) is 12.5 Å². The second-order valence-corrected chi connectivity index (χ2v) is 7.20. The first-order valence-electron chi connectivity index (χ1n) is 8.84. The van der Waals surface area contributed by atoms with Crippen molar-refractivity contribution in [2.45, 2.75) is 25.2 Å². The Hall–Kier alpha value is -3.03. The third-order valence-electron chi connectivity index (χ3n) is 4.97. The summed E-state index contributed by atoms with van der Waals surface area (Å²) in [6, 6.07) is 7.64. The van der Waals surface area contributed by atoms with E-state index in [0.29, 0.717) is 36.1 Å². The number of carbonyl (C=O) groups is 1. The molecule has 2 aromatic heterocycles. The molecule has 0 spiro atoms. The Bertz CT molecular complexity index is 965. The summed E-state index contributed by atoms with van der Waals surface area (Å²) in [7, 11) is 1.79. The average Bonchev–Trinajstić information content (AvgIpc) is 3.31. The van der Waals surface area contributed by atoms with E-state index in [1.165, 1.54) is 12.1 Å². The van der Waals surface area contributed by atoms with Gasteiger partial charge in [-0.25, -0.2) is 4.39 Å². The molecule has 8 heteroatoms. The van der Waals surface area contributed by atoms with Crippen molar-refractivity contribution in [3.05, 3.63) is 53.9 Å². The Morgan fingerprint density at radius 1 is 1.26 bits per heavy atom. The highest BCUT2D eigenvalue weighted by Gasteiger charge is 2.39. The fourth-order valence-electron chi connectivity index (χ4n) is 3.46. The van der Waals surface area contributed by atoms with Crippen LogP contribution in [-0.4, -0.2) is 43.8 Å². The van der Waals surface area contributed by atoms with Gasteiger partial charge in [-0.15, -0.1) is 0 Å². The molecule has 1 unspecified atom stereocenters. The molecule has 140 valence electrons. The highest BCUT2D eigenvalue weighted by atomic mass is 19.1. The second kappa shape index (κ2) is 6.61. The van der Waals surface area contributed by atoms with E-state index >= 15 is 0 Å². The molecule has 0 radical (unpaired) electrons. The third kappa shape index (κ3) is 3.34. The van der Waals surface area contributed by atoms with E-state index in [0.717, 1.165) is 12.8 Å². The molecule has 1 aliphatic heterocycles. The Labute approximate surface area is 155 Å². The fraction of sp³-hybridized carbons (Fsp3) is 0.368. The number of carbonyl (C=O) groups excluding carboxylic acids is 1. The number of amides is 1. The topological polar surface area (TPSA) is 77.0 Å². The standard InChI is InChI=1S/C19H20FN5O2/c1-19(18-21-16(27-23-18)13-4-6-14(20)7-5-13)9-3-10-25(12-19)17(26)15-8-11-24(2)22-15/h4-8,11H,3,9-10,12H2,1-2H3. The largest absolute Gasteiger partial charge is 0.336 e. The molecule has 1 fully saturated rings. The molecule has 3 heterocycles. The molecular formula is C19H20FN5O2. The van der Waals surface area contributed by atoms with Crippen LogP contribution < -0.4 is 0 Å². The third-order valence-corrected chi connectivity index (χ3v) is 4.97. The van der Waals surface area contributed by atoms with Crippen molar-refractivity contribution >= 4 is 5.91 Å². The summed E-state index contributed by atoms with van der Waals surface area (Å²) in [6.45, 7) is 3.20. The molecular weight excluding hydrogens is 349 g/mol. The normalized spacial score (nSPS) is 20.0. The molecule has 0 saturated carbocycles. The predicted molar refractivity (Wildman–Crippen MR) is 95.4 cm³/mol. The first kappa shape index (κ1) is 17.4. The second-order valence-electron chi connectivity index (χ2n) is 7.20. The Kier molecular flexibility index (Phi) is 4.25. The van der Waals surface area contributed by atoms with Gasteiger partial charge < -0.3 is 9.42 Å². The SMILES string of the molecule is Cn1ccc(C(=O)N2CCCC(C)(c3noc(-c4ccc(F)cc4)n3)C2)n1. The highest BCUT2D eigenvalue weighted by Crippen LogP contribution is 2.33. The van der Waals surface area contributed by atoms with Gasteiger partial charge >= 0.3 is 0 Å². The summed E-state index contributed by atoms with van der Waals surface area (Å²) in [4.78, 5) is 19.1. The zero-order valence-electron chi connectivity index (χ0n) is 15.2. The summed E-state index contributed by atoms with van der Waals surface area (Å²) in [6.07, 6.45) is 3.45. The number of rotatable bonds is 3. The van der Waals surface area contributed by atoms with Gasteiger partial charge in [-0.05, 0) is 43.2 Å². The predicted octanol–water partition coefficient (Wildman–Crippen LogP) is 2.80. The highest BCUT2D eigenvalue weighted by molar-refractivity contribution is 5.92. The molecule has 0 N–H and O–H groups in total.